The van der Waals surface area contributed by atoms with Crippen molar-refractivity contribution in [2.24, 2.45) is 5.92 Å². The lowest BCUT2D eigenvalue weighted by atomic mass is 10.1. The van der Waals surface area contributed by atoms with Gasteiger partial charge in [-0.15, -0.1) is 0 Å². The third kappa shape index (κ3) is 4.33. The van der Waals surface area contributed by atoms with Crippen molar-refractivity contribution in [3.8, 4) is 0 Å². The van der Waals surface area contributed by atoms with Crippen molar-refractivity contribution in [3.05, 3.63) is 24.3 Å². The molecule has 1 aromatic rings. The van der Waals surface area contributed by atoms with E-state index in [-0.39, 0.29) is 35.1 Å². The van der Waals surface area contributed by atoms with E-state index in [4.69, 9.17) is 0 Å². The Morgan fingerprint density at radius 2 is 1.76 bits per heavy atom. The summed E-state index contributed by atoms with van der Waals surface area (Å²) >= 11 is 0. The average molecular weight is 420 g/mol. The standard InChI is InChI=1S/C21H29N3O4S/c25-20-13-16(15-24(20)18-8-2-3-9-18)21(26)22-17-7-6-10-19(14-17)29(27,28)23-11-4-1-5-12-23/h6-7,10,14,16,18H,1-5,8-9,11-13,15H2,(H,22,26). The average Bonchev–Trinajstić information content (AvgIpc) is 3.38. The molecule has 2 heterocycles. The summed E-state index contributed by atoms with van der Waals surface area (Å²) in [6, 6.07) is 6.71. The zero-order valence-corrected chi connectivity index (χ0v) is 17.5. The number of rotatable bonds is 5. The molecule has 0 aromatic heterocycles. The summed E-state index contributed by atoms with van der Waals surface area (Å²) in [6.07, 6.45) is 7.38. The fraction of sp³-hybridized carbons (Fsp3) is 0.619. The lowest BCUT2D eigenvalue weighted by molar-refractivity contribution is -0.129. The van der Waals surface area contributed by atoms with Crippen LogP contribution in [0.3, 0.4) is 0 Å². The van der Waals surface area contributed by atoms with Gasteiger partial charge in [-0.1, -0.05) is 25.3 Å². The maximum absolute atomic E-state index is 12.9. The molecule has 8 heteroatoms. The van der Waals surface area contributed by atoms with Gasteiger partial charge in [-0.25, -0.2) is 8.42 Å². The topological polar surface area (TPSA) is 86.8 Å². The summed E-state index contributed by atoms with van der Waals surface area (Å²) in [5.41, 5.74) is 0.458. The van der Waals surface area contributed by atoms with Crippen LogP contribution in [0.15, 0.2) is 29.2 Å². The number of anilines is 1. The van der Waals surface area contributed by atoms with Crippen LogP contribution in [0.2, 0.25) is 0 Å². The molecule has 7 nitrogen and oxygen atoms in total. The first kappa shape index (κ1) is 20.3. The van der Waals surface area contributed by atoms with Crippen LogP contribution in [0.1, 0.15) is 51.4 Å². The number of piperidine rings is 1. The summed E-state index contributed by atoms with van der Waals surface area (Å²) in [7, 11) is -3.55. The lowest BCUT2D eigenvalue weighted by Crippen LogP contribution is -2.36. The van der Waals surface area contributed by atoms with E-state index in [0.717, 1.165) is 44.9 Å². The number of hydrogen-bond donors (Lipinski definition) is 1. The summed E-state index contributed by atoms with van der Waals surface area (Å²) < 4.78 is 27.3. The van der Waals surface area contributed by atoms with Crippen molar-refractivity contribution in [1.29, 1.82) is 0 Å². The van der Waals surface area contributed by atoms with Crippen LogP contribution in [0.4, 0.5) is 5.69 Å². The lowest BCUT2D eigenvalue weighted by Gasteiger charge is -2.26. The SMILES string of the molecule is O=C(Nc1cccc(S(=O)(=O)N2CCCCC2)c1)C1CC(=O)N(C2CCCC2)C1. The predicted molar refractivity (Wildman–Crippen MR) is 110 cm³/mol. The molecule has 4 rings (SSSR count). The molecule has 1 atom stereocenters. The van der Waals surface area contributed by atoms with Crippen molar-refractivity contribution < 1.29 is 18.0 Å². The van der Waals surface area contributed by atoms with Gasteiger partial charge in [-0.05, 0) is 43.9 Å². The van der Waals surface area contributed by atoms with Gasteiger partial charge >= 0.3 is 0 Å². The molecule has 0 radical (unpaired) electrons. The monoisotopic (exact) mass is 419 g/mol. The molecule has 1 aromatic carbocycles. The summed E-state index contributed by atoms with van der Waals surface area (Å²) in [4.78, 5) is 27.2. The number of sulfonamides is 1. The molecule has 1 N–H and O–H groups in total. The van der Waals surface area contributed by atoms with E-state index >= 15 is 0 Å². The molecule has 1 aliphatic carbocycles. The van der Waals surface area contributed by atoms with E-state index in [1.165, 1.54) is 10.4 Å². The molecule has 29 heavy (non-hydrogen) atoms. The highest BCUT2D eigenvalue weighted by atomic mass is 32.2. The van der Waals surface area contributed by atoms with E-state index in [1.54, 1.807) is 18.2 Å². The normalized spacial score (nSPS) is 24.2. The van der Waals surface area contributed by atoms with Crippen molar-refractivity contribution in [3.63, 3.8) is 0 Å². The van der Waals surface area contributed by atoms with Gasteiger partial charge in [0.25, 0.3) is 0 Å². The fourth-order valence-corrected chi connectivity index (χ4v) is 6.27. The van der Waals surface area contributed by atoms with Crippen LogP contribution < -0.4 is 5.32 Å². The van der Waals surface area contributed by atoms with Crippen LogP contribution in [-0.2, 0) is 19.6 Å². The van der Waals surface area contributed by atoms with Gasteiger partial charge in [0.05, 0.1) is 10.8 Å². The number of hydrogen-bond acceptors (Lipinski definition) is 4. The second-order valence-electron chi connectivity index (χ2n) is 8.37. The van der Waals surface area contributed by atoms with E-state index in [2.05, 4.69) is 5.32 Å². The minimum atomic E-state index is -3.55. The molecule has 3 aliphatic rings. The molecule has 3 fully saturated rings. The molecule has 0 bridgehead atoms. The molecular formula is C21H29N3O4S. The number of nitrogens with zero attached hydrogens (tertiary/aromatic N) is 2. The molecular weight excluding hydrogens is 390 g/mol. The molecule has 2 amide bonds. The maximum Gasteiger partial charge on any atom is 0.243 e. The van der Waals surface area contributed by atoms with Gasteiger partial charge < -0.3 is 10.2 Å². The van der Waals surface area contributed by atoms with E-state index in [1.807, 2.05) is 4.90 Å². The van der Waals surface area contributed by atoms with Gasteiger partial charge in [0, 0.05) is 37.8 Å². The maximum atomic E-state index is 12.9. The van der Waals surface area contributed by atoms with Crippen LogP contribution >= 0.6 is 0 Å². The largest absolute Gasteiger partial charge is 0.339 e. The van der Waals surface area contributed by atoms with Gasteiger partial charge in [-0.2, -0.15) is 4.31 Å². The minimum absolute atomic E-state index is 0.0541. The van der Waals surface area contributed by atoms with Crippen molar-refractivity contribution in [2.75, 3.05) is 25.0 Å². The summed E-state index contributed by atoms with van der Waals surface area (Å²) in [6.45, 7) is 1.54. The smallest absolute Gasteiger partial charge is 0.243 e. The Labute approximate surface area is 172 Å². The summed E-state index contributed by atoms with van der Waals surface area (Å²) in [5.74, 6) is -0.546. The van der Waals surface area contributed by atoms with E-state index < -0.39 is 10.0 Å². The number of carbonyl (C=O) groups excluding carboxylic acids is 2. The third-order valence-electron chi connectivity index (χ3n) is 6.35. The van der Waals surface area contributed by atoms with Crippen LogP contribution in [-0.4, -0.2) is 55.1 Å². The zero-order valence-electron chi connectivity index (χ0n) is 16.7. The second-order valence-corrected chi connectivity index (χ2v) is 10.3. The Morgan fingerprint density at radius 1 is 1.03 bits per heavy atom. The Bertz CT molecular complexity index is 874. The molecule has 158 valence electrons. The molecule has 2 saturated heterocycles. The minimum Gasteiger partial charge on any atom is -0.339 e. The molecule has 2 aliphatic heterocycles. The number of nitrogens with one attached hydrogen (secondary N) is 1. The van der Waals surface area contributed by atoms with Gasteiger partial charge in [0.1, 0.15) is 0 Å². The molecule has 1 unspecified atom stereocenters. The first-order valence-electron chi connectivity index (χ1n) is 10.7. The van der Waals surface area contributed by atoms with Crippen LogP contribution in [0, 0.1) is 5.92 Å². The van der Waals surface area contributed by atoms with Gasteiger partial charge in [-0.3, -0.25) is 9.59 Å². The highest BCUT2D eigenvalue weighted by molar-refractivity contribution is 7.89. The third-order valence-corrected chi connectivity index (χ3v) is 8.24. The number of amides is 2. The Balaban J connectivity index is 1.42. The van der Waals surface area contributed by atoms with Crippen molar-refractivity contribution in [2.45, 2.75) is 62.3 Å². The van der Waals surface area contributed by atoms with Gasteiger partial charge in [0.15, 0.2) is 0 Å². The Morgan fingerprint density at radius 3 is 2.48 bits per heavy atom. The fourth-order valence-electron chi connectivity index (χ4n) is 4.71. The van der Waals surface area contributed by atoms with Crippen molar-refractivity contribution >= 4 is 27.5 Å². The first-order valence-corrected chi connectivity index (χ1v) is 12.1. The van der Waals surface area contributed by atoms with Crippen LogP contribution in [0.5, 0.6) is 0 Å². The van der Waals surface area contributed by atoms with Crippen molar-refractivity contribution in [1.82, 2.24) is 9.21 Å². The molecule has 0 spiro atoms. The summed E-state index contributed by atoms with van der Waals surface area (Å²) in [5, 5.41) is 2.83. The molecule has 1 saturated carbocycles. The Kier molecular flexibility index (Phi) is 5.92. The van der Waals surface area contributed by atoms with E-state index in [0.29, 0.717) is 25.3 Å². The second kappa shape index (κ2) is 8.44. The number of carbonyl (C=O) groups is 2. The zero-order chi connectivity index (χ0) is 20.4. The predicted octanol–water partition coefficient (Wildman–Crippen LogP) is 2.59. The highest BCUT2D eigenvalue weighted by Gasteiger charge is 2.38. The van der Waals surface area contributed by atoms with Gasteiger partial charge in [0.2, 0.25) is 21.8 Å². The number of likely N-dealkylation sites (tertiary alicyclic amines) is 1. The number of benzene rings is 1. The first-order chi connectivity index (χ1) is 13.9. The highest BCUT2D eigenvalue weighted by Crippen LogP contribution is 2.30. The van der Waals surface area contributed by atoms with E-state index in [9.17, 15) is 18.0 Å². The van der Waals surface area contributed by atoms with Crippen LogP contribution in [0.25, 0.3) is 0 Å². The quantitative estimate of drug-likeness (QED) is 0.795. The Hall–Kier alpha value is -1.93.